The van der Waals surface area contributed by atoms with E-state index < -0.39 is 29.7 Å². The van der Waals surface area contributed by atoms with Crippen LogP contribution in [0.1, 0.15) is 11.7 Å². The summed E-state index contributed by atoms with van der Waals surface area (Å²) in [5.41, 5.74) is -0.640. The van der Waals surface area contributed by atoms with Crippen molar-refractivity contribution >= 4 is 17.6 Å². The van der Waals surface area contributed by atoms with Crippen molar-refractivity contribution in [2.45, 2.75) is 12.5 Å². The SMILES string of the molecule is O=C(O)C(O)c1c(Cl)cccc1OC(F)(F)F. The van der Waals surface area contributed by atoms with E-state index in [1.807, 2.05) is 0 Å². The van der Waals surface area contributed by atoms with Crippen molar-refractivity contribution in [1.82, 2.24) is 0 Å². The number of hydrogen-bond acceptors (Lipinski definition) is 3. The van der Waals surface area contributed by atoms with Crippen molar-refractivity contribution in [3.05, 3.63) is 28.8 Å². The molecular weight excluding hydrogens is 265 g/mol. The van der Waals surface area contributed by atoms with Gasteiger partial charge in [-0.2, -0.15) is 0 Å². The molecule has 0 saturated carbocycles. The molecule has 0 heterocycles. The Bertz CT molecular complexity index is 433. The van der Waals surface area contributed by atoms with Gasteiger partial charge < -0.3 is 14.9 Å². The highest BCUT2D eigenvalue weighted by Crippen LogP contribution is 2.35. The minimum atomic E-state index is -5.00. The number of hydrogen-bond donors (Lipinski definition) is 2. The largest absolute Gasteiger partial charge is 0.573 e. The minimum Gasteiger partial charge on any atom is -0.479 e. The van der Waals surface area contributed by atoms with Gasteiger partial charge in [0.25, 0.3) is 0 Å². The number of carboxylic acids is 1. The number of carbonyl (C=O) groups is 1. The maximum absolute atomic E-state index is 12.0. The molecule has 1 atom stereocenters. The van der Waals surface area contributed by atoms with Crippen molar-refractivity contribution in [2.24, 2.45) is 0 Å². The van der Waals surface area contributed by atoms with E-state index in [1.165, 1.54) is 0 Å². The molecule has 0 aliphatic rings. The maximum Gasteiger partial charge on any atom is 0.573 e. The molecule has 0 aromatic heterocycles. The molecule has 0 aliphatic heterocycles. The summed E-state index contributed by atoms with van der Waals surface area (Å²) in [4.78, 5) is 10.5. The van der Waals surface area contributed by atoms with E-state index in [4.69, 9.17) is 16.7 Å². The fourth-order valence-electron chi connectivity index (χ4n) is 1.12. The zero-order valence-corrected chi connectivity index (χ0v) is 8.79. The van der Waals surface area contributed by atoms with E-state index in [0.717, 1.165) is 18.2 Å². The Kier molecular flexibility index (Phi) is 3.84. The Morgan fingerprint density at radius 2 is 2.00 bits per heavy atom. The first kappa shape index (κ1) is 13.6. The maximum atomic E-state index is 12.0. The van der Waals surface area contributed by atoms with Gasteiger partial charge in [0.15, 0.2) is 6.10 Å². The highest BCUT2D eigenvalue weighted by molar-refractivity contribution is 6.31. The third-order valence-electron chi connectivity index (χ3n) is 1.75. The lowest BCUT2D eigenvalue weighted by molar-refractivity contribution is -0.275. The first-order valence-corrected chi connectivity index (χ1v) is 4.55. The molecule has 2 N–H and O–H groups in total. The topological polar surface area (TPSA) is 66.8 Å². The summed E-state index contributed by atoms with van der Waals surface area (Å²) in [5.74, 6) is -2.58. The van der Waals surface area contributed by atoms with Crippen LogP contribution in [0.15, 0.2) is 18.2 Å². The summed E-state index contributed by atoms with van der Waals surface area (Å²) >= 11 is 5.53. The van der Waals surface area contributed by atoms with E-state index in [9.17, 15) is 23.1 Å². The molecule has 1 aromatic carbocycles. The smallest absolute Gasteiger partial charge is 0.479 e. The van der Waals surface area contributed by atoms with Gasteiger partial charge in [-0.15, -0.1) is 13.2 Å². The Morgan fingerprint density at radius 1 is 1.41 bits per heavy atom. The Morgan fingerprint density at radius 3 is 2.47 bits per heavy atom. The van der Waals surface area contributed by atoms with Crippen LogP contribution in [0.4, 0.5) is 13.2 Å². The summed E-state index contributed by atoms with van der Waals surface area (Å²) < 4.78 is 39.6. The number of halogens is 4. The van der Waals surface area contributed by atoms with Crippen LogP contribution in [0.25, 0.3) is 0 Å². The second-order valence-electron chi connectivity index (χ2n) is 2.94. The van der Waals surface area contributed by atoms with Gasteiger partial charge in [-0.3, -0.25) is 0 Å². The second kappa shape index (κ2) is 4.80. The second-order valence-corrected chi connectivity index (χ2v) is 3.35. The van der Waals surface area contributed by atoms with Gasteiger partial charge in [0.1, 0.15) is 5.75 Å². The summed E-state index contributed by atoms with van der Waals surface area (Å²) in [6, 6.07) is 3.15. The van der Waals surface area contributed by atoms with Crippen molar-refractivity contribution < 1.29 is 32.9 Å². The number of aliphatic hydroxyl groups excluding tert-OH is 1. The Hall–Kier alpha value is -1.47. The summed E-state index contributed by atoms with van der Waals surface area (Å²) in [5, 5.41) is 17.4. The van der Waals surface area contributed by atoms with E-state index >= 15 is 0 Å². The van der Waals surface area contributed by atoms with E-state index in [2.05, 4.69) is 4.74 Å². The molecular formula is C9H6ClF3O4. The number of alkyl halides is 3. The van der Waals surface area contributed by atoms with E-state index in [-0.39, 0.29) is 5.02 Å². The highest BCUT2D eigenvalue weighted by Gasteiger charge is 2.34. The van der Waals surface area contributed by atoms with Gasteiger partial charge in [0.05, 0.1) is 10.6 Å². The van der Waals surface area contributed by atoms with Crippen LogP contribution >= 0.6 is 11.6 Å². The van der Waals surface area contributed by atoms with Crippen molar-refractivity contribution in [1.29, 1.82) is 0 Å². The number of aliphatic carboxylic acids is 1. The van der Waals surface area contributed by atoms with Crippen LogP contribution in [0.3, 0.4) is 0 Å². The van der Waals surface area contributed by atoms with Crippen molar-refractivity contribution in [2.75, 3.05) is 0 Å². The molecule has 1 unspecified atom stereocenters. The zero-order chi connectivity index (χ0) is 13.2. The predicted octanol–water partition coefficient (Wildman–Crippen LogP) is 2.36. The number of ether oxygens (including phenoxy) is 1. The van der Waals surface area contributed by atoms with Crippen LogP contribution in [0.2, 0.25) is 5.02 Å². The molecule has 8 heteroatoms. The van der Waals surface area contributed by atoms with Crippen LogP contribution < -0.4 is 4.74 Å². The van der Waals surface area contributed by atoms with Crippen LogP contribution in [0, 0.1) is 0 Å². The lowest BCUT2D eigenvalue weighted by Crippen LogP contribution is -2.20. The molecule has 0 amide bonds. The third kappa shape index (κ3) is 3.50. The van der Waals surface area contributed by atoms with Gasteiger partial charge in [-0.1, -0.05) is 17.7 Å². The standard InChI is InChI=1S/C9H6ClF3O4/c10-4-2-1-3-5(17-9(11,12)13)6(4)7(14)8(15)16/h1-3,7,14H,(H,15,16). The molecule has 0 aliphatic carbocycles. The van der Waals surface area contributed by atoms with Gasteiger partial charge in [0.2, 0.25) is 0 Å². The molecule has 0 radical (unpaired) electrons. The molecule has 94 valence electrons. The molecule has 0 saturated heterocycles. The fourth-order valence-corrected chi connectivity index (χ4v) is 1.39. The molecule has 1 rings (SSSR count). The van der Waals surface area contributed by atoms with Crippen LogP contribution in [0.5, 0.6) is 5.75 Å². The summed E-state index contributed by atoms with van der Waals surface area (Å²) in [7, 11) is 0. The third-order valence-corrected chi connectivity index (χ3v) is 2.08. The van der Waals surface area contributed by atoms with Gasteiger partial charge in [-0.25, -0.2) is 4.79 Å². The van der Waals surface area contributed by atoms with Crippen molar-refractivity contribution in [3.63, 3.8) is 0 Å². The van der Waals surface area contributed by atoms with Gasteiger partial charge in [0, 0.05) is 0 Å². The molecule has 17 heavy (non-hydrogen) atoms. The first-order valence-electron chi connectivity index (χ1n) is 4.17. The fraction of sp³-hybridized carbons (Fsp3) is 0.222. The lowest BCUT2D eigenvalue weighted by atomic mass is 10.1. The Balaban J connectivity index is 3.22. The average Bonchev–Trinajstić information content (AvgIpc) is 2.14. The van der Waals surface area contributed by atoms with E-state index in [1.54, 1.807) is 0 Å². The zero-order valence-electron chi connectivity index (χ0n) is 8.03. The van der Waals surface area contributed by atoms with Gasteiger partial charge in [-0.05, 0) is 12.1 Å². The molecule has 4 nitrogen and oxygen atoms in total. The number of aliphatic hydroxyl groups is 1. The van der Waals surface area contributed by atoms with Crippen molar-refractivity contribution in [3.8, 4) is 5.75 Å². The highest BCUT2D eigenvalue weighted by atomic mass is 35.5. The average molecular weight is 271 g/mol. The quantitative estimate of drug-likeness (QED) is 0.885. The van der Waals surface area contributed by atoms with Crippen LogP contribution in [-0.2, 0) is 4.79 Å². The van der Waals surface area contributed by atoms with Gasteiger partial charge >= 0.3 is 12.3 Å². The molecule has 0 spiro atoms. The normalized spacial score (nSPS) is 13.2. The lowest BCUT2D eigenvalue weighted by Gasteiger charge is -2.16. The van der Waals surface area contributed by atoms with Crippen LogP contribution in [-0.4, -0.2) is 22.5 Å². The van der Waals surface area contributed by atoms with E-state index in [0.29, 0.717) is 0 Å². The number of benzene rings is 1. The molecule has 0 bridgehead atoms. The Labute approximate surface area is 98.2 Å². The summed E-state index contributed by atoms with van der Waals surface area (Å²) in [6.45, 7) is 0. The first-order chi connectivity index (χ1) is 7.72. The predicted molar refractivity (Wildman–Crippen MR) is 50.7 cm³/mol. The monoisotopic (exact) mass is 270 g/mol. The summed E-state index contributed by atoms with van der Waals surface area (Å²) in [6.07, 6.45) is -7.20. The number of rotatable bonds is 3. The minimum absolute atomic E-state index is 0.332. The molecule has 0 fully saturated rings. The molecule has 1 aromatic rings. The number of carboxylic acid groups (broad SMARTS) is 1.